The number of alkyl halides is 3. The molecule has 3 rings (SSSR count). The number of hydrogen-bond acceptors (Lipinski definition) is 4. The first kappa shape index (κ1) is 18.9. The second kappa shape index (κ2) is 7.42. The van der Waals surface area contributed by atoms with E-state index in [4.69, 9.17) is 0 Å². The van der Waals surface area contributed by atoms with E-state index in [1.54, 1.807) is 9.80 Å². The Morgan fingerprint density at radius 3 is 2.62 bits per heavy atom. The number of amides is 3. The van der Waals surface area contributed by atoms with Crippen LogP contribution in [0.15, 0.2) is 0 Å². The minimum atomic E-state index is -4.47. The van der Waals surface area contributed by atoms with Crippen molar-refractivity contribution in [2.24, 2.45) is 5.92 Å². The molecule has 0 bridgehead atoms. The van der Waals surface area contributed by atoms with Crippen molar-refractivity contribution < 1.29 is 27.6 Å². The van der Waals surface area contributed by atoms with Gasteiger partial charge in [0.2, 0.25) is 17.7 Å². The van der Waals surface area contributed by atoms with E-state index in [1.165, 1.54) is 0 Å². The van der Waals surface area contributed by atoms with Crippen molar-refractivity contribution in [1.82, 2.24) is 20.0 Å². The van der Waals surface area contributed by atoms with E-state index in [2.05, 4.69) is 5.32 Å². The summed E-state index contributed by atoms with van der Waals surface area (Å²) in [7, 11) is 0. The van der Waals surface area contributed by atoms with Crippen LogP contribution in [0.5, 0.6) is 0 Å². The quantitative estimate of drug-likeness (QED) is 0.742. The molecule has 0 aliphatic carbocycles. The summed E-state index contributed by atoms with van der Waals surface area (Å²) in [5.74, 6) is -1.65. The van der Waals surface area contributed by atoms with Gasteiger partial charge in [-0.2, -0.15) is 13.2 Å². The maximum absolute atomic E-state index is 12.7. The van der Waals surface area contributed by atoms with Crippen LogP contribution >= 0.6 is 0 Å². The maximum Gasteiger partial charge on any atom is 0.406 e. The van der Waals surface area contributed by atoms with E-state index in [-0.39, 0.29) is 37.4 Å². The van der Waals surface area contributed by atoms with Crippen molar-refractivity contribution in [3.63, 3.8) is 0 Å². The molecule has 26 heavy (non-hydrogen) atoms. The molecule has 3 aliphatic rings. The summed E-state index contributed by atoms with van der Waals surface area (Å²) in [6.45, 7) is 0.979. The molecule has 3 heterocycles. The minimum absolute atomic E-state index is 0.00273. The van der Waals surface area contributed by atoms with Crippen LogP contribution in [0.25, 0.3) is 0 Å². The van der Waals surface area contributed by atoms with Crippen LogP contribution in [-0.4, -0.2) is 90.5 Å². The van der Waals surface area contributed by atoms with Crippen molar-refractivity contribution in [1.29, 1.82) is 0 Å². The van der Waals surface area contributed by atoms with Gasteiger partial charge < -0.3 is 20.0 Å². The molecular weight excluding hydrogens is 353 g/mol. The summed E-state index contributed by atoms with van der Waals surface area (Å²) in [5.41, 5.74) is 0. The molecule has 0 aromatic carbocycles. The number of piperidine rings is 1. The smallest absolute Gasteiger partial charge is 0.340 e. The lowest BCUT2D eigenvalue weighted by atomic mass is 10.00. The fourth-order valence-corrected chi connectivity index (χ4v) is 3.98. The fourth-order valence-electron chi connectivity index (χ4n) is 3.98. The molecule has 146 valence electrons. The predicted octanol–water partition coefficient (Wildman–Crippen LogP) is -0.180. The number of nitrogens with one attached hydrogen (secondary N) is 1. The van der Waals surface area contributed by atoms with Gasteiger partial charge in [0.25, 0.3) is 0 Å². The third kappa shape index (κ3) is 4.28. The summed E-state index contributed by atoms with van der Waals surface area (Å²) >= 11 is 0. The summed E-state index contributed by atoms with van der Waals surface area (Å²) < 4.78 is 37.6. The Balaban J connectivity index is 1.59. The predicted molar refractivity (Wildman–Crippen MR) is 84.9 cm³/mol. The average Bonchev–Trinajstić information content (AvgIpc) is 2.93. The Bertz CT molecular complexity index is 584. The molecule has 0 aromatic rings. The topological polar surface area (TPSA) is 73.0 Å². The van der Waals surface area contributed by atoms with Crippen LogP contribution < -0.4 is 5.32 Å². The first-order valence-electron chi connectivity index (χ1n) is 8.88. The molecule has 1 N–H and O–H groups in total. The van der Waals surface area contributed by atoms with Crippen LogP contribution in [0, 0.1) is 5.92 Å². The number of carbonyl (C=O) groups excluding carboxylic acids is 3. The highest BCUT2D eigenvalue weighted by Gasteiger charge is 2.42. The number of piperazine rings is 1. The Labute approximate surface area is 149 Å². The molecule has 7 nitrogen and oxygen atoms in total. The average molecular weight is 376 g/mol. The van der Waals surface area contributed by atoms with Gasteiger partial charge in [-0.1, -0.05) is 0 Å². The second-order valence-corrected chi connectivity index (χ2v) is 7.13. The van der Waals surface area contributed by atoms with E-state index >= 15 is 0 Å². The van der Waals surface area contributed by atoms with Gasteiger partial charge in [0, 0.05) is 45.2 Å². The van der Waals surface area contributed by atoms with Crippen LogP contribution in [-0.2, 0) is 14.4 Å². The molecule has 3 saturated heterocycles. The van der Waals surface area contributed by atoms with Gasteiger partial charge in [-0.3, -0.25) is 14.4 Å². The normalized spacial score (nSPS) is 28.0. The second-order valence-electron chi connectivity index (χ2n) is 7.13. The van der Waals surface area contributed by atoms with Crippen LogP contribution in [0.2, 0.25) is 0 Å². The molecule has 0 radical (unpaired) electrons. The van der Waals surface area contributed by atoms with Crippen LogP contribution in [0.4, 0.5) is 13.2 Å². The van der Waals surface area contributed by atoms with Gasteiger partial charge in [0.15, 0.2) is 0 Å². The molecule has 2 atom stereocenters. The first-order chi connectivity index (χ1) is 12.2. The molecular formula is C16H23F3N4O3. The van der Waals surface area contributed by atoms with Crippen molar-refractivity contribution in [3.05, 3.63) is 0 Å². The summed E-state index contributed by atoms with van der Waals surface area (Å²) in [6.07, 6.45) is -3.10. The third-order valence-electron chi connectivity index (χ3n) is 5.21. The minimum Gasteiger partial charge on any atom is -0.340 e. The maximum atomic E-state index is 12.7. The zero-order valence-electron chi connectivity index (χ0n) is 14.4. The highest BCUT2D eigenvalue weighted by molar-refractivity contribution is 5.89. The standard InChI is InChI=1S/C16H23F3N4O3/c17-16(18,19)10-22-8-11(6-13(22)24)15(26)21-4-1-2-12(9-21)23-5-3-20-7-14(23)25/h11-12,20H,1-10H2. The zero-order chi connectivity index (χ0) is 18.9. The fraction of sp³-hybridized carbons (Fsp3) is 0.812. The first-order valence-corrected chi connectivity index (χ1v) is 8.88. The number of likely N-dealkylation sites (tertiary alicyclic amines) is 2. The molecule has 0 spiro atoms. The third-order valence-corrected chi connectivity index (χ3v) is 5.21. The Morgan fingerprint density at radius 2 is 1.92 bits per heavy atom. The van der Waals surface area contributed by atoms with Crippen molar-refractivity contribution in [2.75, 3.05) is 45.8 Å². The van der Waals surface area contributed by atoms with Crippen LogP contribution in [0.3, 0.4) is 0 Å². The van der Waals surface area contributed by atoms with Crippen LogP contribution in [0.1, 0.15) is 19.3 Å². The van der Waals surface area contributed by atoms with E-state index < -0.39 is 24.5 Å². The summed E-state index contributed by atoms with van der Waals surface area (Å²) in [5, 5.41) is 3.00. The lowest BCUT2D eigenvalue weighted by molar-refractivity contribution is -0.157. The van der Waals surface area contributed by atoms with Gasteiger partial charge in [-0.05, 0) is 12.8 Å². The molecule has 0 saturated carbocycles. The Kier molecular flexibility index (Phi) is 5.40. The monoisotopic (exact) mass is 376 g/mol. The molecule has 0 aromatic heterocycles. The van der Waals surface area contributed by atoms with Crippen molar-refractivity contribution in [3.8, 4) is 0 Å². The Morgan fingerprint density at radius 1 is 1.15 bits per heavy atom. The number of carbonyl (C=O) groups is 3. The molecule has 3 fully saturated rings. The van der Waals surface area contributed by atoms with E-state index in [1.807, 2.05) is 0 Å². The number of nitrogens with zero attached hydrogens (tertiary/aromatic N) is 3. The highest BCUT2D eigenvalue weighted by Crippen LogP contribution is 2.26. The van der Waals surface area contributed by atoms with Gasteiger partial charge in [-0.15, -0.1) is 0 Å². The molecule has 10 heteroatoms. The van der Waals surface area contributed by atoms with Gasteiger partial charge in [-0.25, -0.2) is 0 Å². The molecule has 3 amide bonds. The highest BCUT2D eigenvalue weighted by atomic mass is 19.4. The number of halogens is 3. The van der Waals surface area contributed by atoms with E-state index in [9.17, 15) is 27.6 Å². The number of rotatable bonds is 3. The summed E-state index contributed by atoms with van der Waals surface area (Å²) in [6, 6.07) is -0.0642. The van der Waals surface area contributed by atoms with Gasteiger partial charge >= 0.3 is 6.18 Å². The lowest BCUT2D eigenvalue weighted by Gasteiger charge is -2.41. The van der Waals surface area contributed by atoms with Gasteiger partial charge in [0.1, 0.15) is 6.54 Å². The SMILES string of the molecule is O=C1CC(C(=O)N2CCCC(N3CCNCC3=O)C2)CN1CC(F)(F)F. The number of hydrogen-bond donors (Lipinski definition) is 1. The zero-order valence-corrected chi connectivity index (χ0v) is 14.4. The van der Waals surface area contributed by atoms with Crippen molar-refractivity contribution >= 4 is 17.7 Å². The Hall–Kier alpha value is -1.84. The molecule has 3 aliphatic heterocycles. The molecule has 2 unspecified atom stereocenters. The van der Waals surface area contributed by atoms with Gasteiger partial charge in [0.05, 0.1) is 12.5 Å². The largest absolute Gasteiger partial charge is 0.406 e. The van der Waals surface area contributed by atoms with E-state index in [0.29, 0.717) is 31.1 Å². The van der Waals surface area contributed by atoms with E-state index in [0.717, 1.165) is 12.8 Å². The van der Waals surface area contributed by atoms with Crippen molar-refractivity contribution in [2.45, 2.75) is 31.5 Å². The summed E-state index contributed by atoms with van der Waals surface area (Å²) in [4.78, 5) is 40.7. The lowest BCUT2D eigenvalue weighted by Crippen LogP contribution is -2.58.